The average molecular weight is 244 g/mol. The van der Waals surface area contributed by atoms with Crippen molar-refractivity contribution in [2.24, 2.45) is 0 Å². The lowest BCUT2D eigenvalue weighted by molar-refractivity contribution is 1.04. The third-order valence-electron chi connectivity index (χ3n) is 3.34. The highest BCUT2D eigenvalue weighted by molar-refractivity contribution is 6.01. The topological polar surface area (TPSA) is 54.0 Å². The van der Waals surface area contributed by atoms with E-state index in [4.69, 9.17) is 0 Å². The number of nitrogens with zero attached hydrogens (tertiary/aromatic N) is 4. The Bertz CT molecular complexity index is 976. The highest BCUT2D eigenvalue weighted by Crippen LogP contribution is 2.27. The molecule has 2 aromatic carbocycles. The molecule has 19 heavy (non-hydrogen) atoms. The molecule has 4 heteroatoms. The monoisotopic (exact) mass is 244 g/mol. The van der Waals surface area contributed by atoms with Gasteiger partial charge in [-0.2, -0.15) is 5.26 Å². The van der Waals surface area contributed by atoms with Crippen molar-refractivity contribution < 1.29 is 0 Å². The predicted molar refractivity (Wildman–Crippen MR) is 72.7 cm³/mol. The molecule has 0 aliphatic rings. The standard InChI is InChI=1S/C15H8N4/c16-9-14-10-5-1-2-6-11(10)15-18-17-12-7-3-4-8-13(12)19(14)15/h1-8H. The third-order valence-corrected chi connectivity index (χ3v) is 3.34. The van der Waals surface area contributed by atoms with Gasteiger partial charge in [-0.3, -0.25) is 4.40 Å². The zero-order valence-corrected chi connectivity index (χ0v) is 9.91. The first-order chi connectivity index (χ1) is 9.40. The van der Waals surface area contributed by atoms with Gasteiger partial charge in [0.15, 0.2) is 5.65 Å². The Hall–Kier alpha value is -2.93. The summed E-state index contributed by atoms with van der Waals surface area (Å²) < 4.78 is 1.88. The molecule has 0 fully saturated rings. The molecule has 0 saturated carbocycles. The zero-order chi connectivity index (χ0) is 12.8. The highest BCUT2D eigenvalue weighted by atomic mass is 15.2. The van der Waals surface area contributed by atoms with E-state index in [1.165, 1.54) is 0 Å². The van der Waals surface area contributed by atoms with Crippen LogP contribution >= 0.6 is 0 Å². The molecule has 0 aliphatic carbocycles. The van der Waals surface area contributed by atoms with Crippen molar-refractivity contribution >= 4 is 27.5 Å². The van der Waals surface area contributed by atoms with Crippen LogP contribution in [0, 0.1) is 11.3 Å². The van der Waals surface area contributed by atoms with E-state index >= 15 is 0 Å². The fraction of sp³-hybridized carbons (Fsp3) is 0. The van der Waals surface area contributed by atoms with Gasteiger partial charge in [-0.1, -0.05) is 36.4 Å². The number of hydrogen-bond donors (Lipinski definition) is 0. The lowest BCUT2D eigenvalue weighted by Crippen LogP contribution is -1.96. The van der Waals surface area contributed by atoms with Crippen LogP contribution in [-0.4, -0.2) is 14.6 Å². The summed E-state index contributed by atoms with van der Waals surface area (Å²) in [6, 6.07) is 17.8. The molecule has 88 valence electrons. The summed E-state index contributed by atoms with van der Waals surface area (Å²) >= 11 is 0. The molecule has 0 atom stereocenters. The lowest BCUT2D eigenvalue weighted by atomic mass is 10.2. The quantitative estimate of drug-likeness (QED) is 0.478. The first-order valence-electron chi connectivity index (χ1n) is 5.95. The maximum atomic E-state index is 9.46. The Morgan fingerprint density at radius 3 is 2.47 bits per heavy atom. The summed E-state index contributed by atoms with van der Waals surface area (Å²) in [6.07, 6.45) is 0. The maximum absolute atomic E-state index is 9.46. The minimum absolute atomic E-state index is 0.608. The predicted octanol–water partition coefficient (Wildman–Crippen LogP) is 2.91. The first-order valence-corrected chi connectivity index (χ1v) is 5.95. The van der Waals surface area contributed by atoms with Gasteiger partial charge < -0.3 is 0 Å². The second-order valence-corrected chi connectivity index (χ2v) is 4.35. The largest absolute Gasteiger partial charge is 0.281 e. The van der Waals surface area contributed by atoms with Gasteiger partial charge in [-0.25, -0.2) is 0 Å². The Labute approximate surface area is 108 Å². The van der Waals surface area contributed by atoms with Crippen LogP contribution in [0.4, 0.5) is 0 Å². The summed E-state index contributed by atoms with van der Waals surface area (Å²) in [5.41, 5.74) is 3.02. The Balaban J connectivity index is 2.41. The van der Waals surface area contributed by atoms with Gasteiger partial charge >= 0.3 is 0 Å². The molecule has 4 aromatic rings. The van der Waals surface area contributed by atoms with Crippen LogP contribution in [0.1, 0.15) is 5.69 Å². The second-order valence-electron chi connectivity index (χ2n) is 4.35. The molecular formula is C15H8N4. The van der Waals surface area contributed by atoms with Crippen LogP contribution in [0.25, 0.3) is 27.5 Å². The van der Waals surface area contributed by atoms with E-state index in [1.54, 1.807) is 0 Å². The number of fused-ring (bicyclic) bond motifs is 5. The van der Waals surface area contributed by atoms with Crippen molar-refractivity contribution in [1.29, 1.82) is 5.26 Å². The Morgan fingerprint density at radius 2 is 1.63 bits per heavy atom. The molecule has 0 saturated heterocycles. The molecule has 2 aromatic heterocycles. The van der Waals surface area contributed by atoms with Gasteiger partial charge in [0.2, 0.25) is 0 Å². The normalized spacial score (nSPS) is 11.1. The maximum Gasteiger partial charge on any atom is 0.168 e. The number of para-hydroxylation sites is 1. The van der Waals surface area contributed by atoms with Gasteiger partial charge in [0.25, 0.3) is 0 Å². The highest BCUT2D eigenvalue weighted by Gasteiger charge is 2.14. The van der Waals surface area contributed by atoms with Crippen molar-refractivity contribution in [3.05, 3.63) is 54.2 Å². The molecule has 0 spiro atoms. The molecule has 4 rings (SSSR count). The average Bonchev–Trinajstić information content (AvgIpc) is 2.81. The number of benzene rings is 2. The van der Waals surface area contributed by atoms with E-state index in [0.29, 0.717) is 5.69 Å². The molecule has 0 aliphatic heterocycles. The van der Waals surface area contributed by atoms with Crippen molar-refractivity contribution in [3.63, 3.8) is 0 Å². The smallest absolute Gasteiger partial charge is 0.168 e. The van der Waals surface area contributed by atoms with E-state index in [9.17, 15) is 5.26 Å². The molecule has 0 radical (unpaired) electrons. The fourth-order valence-corrected chi connectivity index (χ4v) is 2.51. The van der Waals surface area contributed by atoms with Gasteiger partial charge in [-0.15, -0.1) is 10.2 Å². The van der Waals surface area contributed by atoms with Crippen LogP contribution in [0.2, 0.25) is 0 Å². The van der Waals surface area contributed by atoms with Gasteiger partial charge in [0.1, 0.15) is 17.3 Å². The van der Waals surface area contributed by atoms with Crippen LogP contribution in [0.5, 0.6) is 0 Å². The number of rotatable bonds is 0. The van der Waals surface area contributed by atoms with Crippen molar-refractivity contribution in [2.75, 3.05) is 0 Å². The Morgan fingerprint density at radius 1 is 0.895 bits per heavy atom. The molecule has 0 bridgehead atoms. The SMILES string of the molecule is N#Cc1c2ccccc2c2nnc3ccccc3n12. The van der Waals surface area contributed by atoms with Gasteiger partial charge in [-0.05, 0) is 12.1 Å². The number of aromatic nitrogens is 3. The molecule has 2 heterocycles. The summed E-state index contributed by atoms with van der Waals surface area (Å²) in [7, 11) is 0. The third kappa shape index (κ3) is 1.21. The number of hydrogen-bond acceptors (Lipinski definition) is 3. The summed E-state index contributed by atoms with van der Waals surface area (Å²) in [5, 5.41) is 19.8. The summed E-state index contributed by atoms with van der Waals surface area (Å²) in [4.78, 5) is 0. The zero-order valence-electron chi connectivity index (χ0n) is 9.91. The van der Waals surface area contributed by atoms with Crippen LogP contribution in [-0.2, 0) is 0 Å². The number of nitriles is 1. The van der Waals surface area contributed by atoms with Crippen LogP contribution in [0.3, 0.4) is 0 Å². The Kier molecular flexibility index (Phi) is 1.86. The molecule has 0 unspecified atom stereocenters. The van der Waals surface area contributed by atoms with Gasteiger partial charge in [0, 0.05) is 10.8 Å². The molecule has 0 amide bonds. The van der Waals surface area contributed by atoms with E-state index < -0.39 is 0 Å². The van der Waals surface area contributed by atoms with E-state index in [0.717, 1.165) is 27.5 Å². The second kappa shape index (κ2) is 3.53. The fourth-order valence-electron chi connectivity index (χ4n) is 2.51. The van der Waals surface area contributed by atoms with E-state index in [1.807, 2.05) is 52.9 Å². The van der Waals surface area contributed by atoms with Crippen molar-refractivity contribution in [3.8, 4) is 6.07 Å². The lowest BCUT2D eigenvalue weighted by Gasteiger charge is -2.01. The van der Waals surface area contributed by atoms with E-state index in [-0.39, 0.29) is 0 Å². The van der Waals surface area contributed by atoms with Crippen LogP contribution < -0.4 is 0 Å². The first kappa shape index (κ1) is 10.0. The van der Waals surface area contributed by atoms with Gasteiger partial charge in [0.05, 0.1) is 5.52 Å². The minimum Gasteiger partial charge on any atom is -0.281 e. The van der Waals surface area contributed by atoms with Crippen molar-refractivity contribution in [2.45, 2.75) is 0 Å². The van der Waals surface area contributed by atoms with E-state index in [2.05, 4.69) is 16.3 Å². The molecular weight excluding hydrogens is 236 g/mol. The summed E-state index contributed by atoms with van der Waals surface area (Å²) in [5.74, 6) is 0. The summed E-state index contributed by atoms with van der Waals surface area (Å²) in [6.45, 7) is 0. The molecule has 4 nitrogen and oxygen atoms in total. The van der Waals surface area contributed by atoms with Crippen molar-refractivity contribution in [1.82, 2.24) is 14.6 Å². The molecule has 0 N–H and O–H groups in total. The minimum atomic E-state index is 0.608. The van der Waals surface area contributed by atoms with Crippen LogP contribution in [0.15, 0.2) is 48.5 Å².